The number of benzene rings is 1. The quantitative estimate of drug-likeness (QED) is 0.816. The third-order valence-corrected chi connectivity index (χ3v) is 5.42. The van der Waals surface area contributed by atoms with E-state index in [2.05, 4.69) is 13.0 Å². The predicted octanol–water partition coefficient (Wildman–Crippen LogP) is 2.89. The number of rotatable bonds is 6. The Morgan fingerprint density at radius 2 is 2.24 bits per heavy atom. The molecule has 1 aromatic carbocycles. The minimum absolute atomic E-state index is 0.166. The Bertz CT molecular complexity index is 533. The maximum absolute atomic E-state index is 12.5. The van der Waals surface area contributed by atoms with Gasteiger partial charge in [0.15, 0.2) is 5.78 Å². The van der Waals surface area contributed by atoms with Gasteiger partial charge in [-0.2, -0.15) is 0 Å². The van der Waals surface area contributed by atoms with E-state index in [4.69, 9.17) is 18.0 Å². The zero-order valence-electron chi connectivity index (χ0n) is 12.5. The molecular weight excluding hydrogens is 300 g/mol. The Morgan fingerprint density at radius 3 is 2.90 bits per heavy atom. The maximum atomic E-state index is 12.5. The van der Waals surface area contributed by atoms with Gasteiger partial charge in [-0.05, 0) is 18.9 Å². The number of ketones is 1. The number of carbonyl (C=O) groups is 1. The number of nitrogens with zero attached hydrogens (tertiary/aromatic N) is 1. The van der Waals surface area contributed by atoms with E-state index in [1.807, 2.05) is 30.0 Å². The molecule has 0 radical (unpaired) electrons. The number of aryl methyl sites for hydroxylation is 1. The van der Waals surface area contributed by atoms with Crippen LogP contribution in [0.2, 0.25) is 0 Å². The van der Waals surface area contributed by atoms with Crippen LogP contribution in [-0.2, 0) is 11.2 Å². The molecule has 0 spiro atoms. The molecule has 114 valence electrons. The predicted molar refractivity (Wildman–Crippen MR) is 93.5 cm³/mol. The lowest BCUT2D eigenvalue weighted by Gasteiger charge is -2.24. The van der Waals surface area contributed by atoms with Gasteiger partial charge in [0.1, 0.15) is 9.57 Å². The van der Waals surface area contributed by atoms with Gasteiger partial charge < -0.3 is 10.6 Å². The maximum Gasteiger partial charge on any atom is 0.154 e. The SMILES string of the molecule is CCCCN1C(=S)SC(C(=O)Cc2cccc(C)c2)C1N. The van der Waals surface area contributed by atoms with Crippen molar-refractivity contribution in [3.05, 3.63) is 35.4 Å². The molecule has 2 rings (SSSR count). The summed E-state index contributed by atoms with van der Waals surface area (Å²) in [6.07, 6.45) is 2.29. The van der Waals surface area contributed by atoms with Crippen molar-refractivity contribution in [1.82, 2.24) is 4.90 Å². The van der Waals surface area contributed by atoms with Gasteiger partial charge in [0, 0.05) is 13.0 Å². The van der Waals surface area contributed by atoms with E-state index in [0.717, 1.165) is 29.3 Å². The Kier molecular flexibility index (Phi) is 5.79. The molecule has 0 aromatic heterocycles. The van der Waals surface area contributed by atoms with Crippen molar-refractivity contribution in [2.45, 2.75) is 44.5 Å². The van der Waals surface area contributed by atoms with Crippen molar-refractivity contribution in [2.75, 3.05) is 6.54 Å². The third kappa shape index (κ3) is 4.05. The van der Waals surface area contributed by atoms with Crippen LogP contribution in [-0.4, -0.2) is 33.0 Å². The van der Waals surface area contributed by atoms with Gasteiger partial charge in [-0.1, -0.05) is 67.2 Å². The van der Waals surface area contributed by atoms with Crippen LogP contribution in [0.25, 0.3) is 0 Å². The van der Waals surface area contributed by atoms with Gasteiger partial charge in [-0.3, -0.25) is 4.79 Å². The average Bonchev–Trinajstić information content (AvgIpc) is 2.72. The Morgan fingerprint density at radius 1 is 1.48 bits per heavy atom. The van der Waals surface area contributed by atoms with E-state index < -0.39 is 0 Å². The van der Waals surface area contributed by atoms with E-state index in [0.29, 0.717) is 6.42 Å². The van der Waals surface area contributed by atoms with Gasteiger partial charge in [-0.25, -0.2) is 0 Å². The van der Waals surface area contributed by atoms with Crippen molar-refractivity contribution in [2.24, 2.45) is 5.73 Å². The average molecular weight is 322 g/mol. The molecule has 1 heterocycles. The number of hydrogen-bond donors (Lipinski definition) is 1. The first-order chi connectivity index (χ1) is 10.0. The van der Waals surface area contributed by atoms with E-state index >= 15 is 0 Å². The van der Waals surface area contributed by atoms with Crippen LogP contribution in [0.5, 0.6) is 0 Å². The number of Topliss-reactive ketones (excluding diaryl/α,β-unsaturated/α-hetero) is 1. The van der Waals surface area contributed by atoms with Gasteiger partial charge >= 0.3 is 0 Å². The van der Waals surface area contributed by atoms with Crippen LogP contribution in [0.3, 0.4) is 0 Å². The lowest BCUT2D eigenvalue weighted by Crippen LogP contribution is -2.46. The minimum atomic E-state index is -0.286. The lowest BCUT2D eigenvalue weighted by molar-refractivity contribution is -0.118. The molecule has 1 aromatic rings. The van der Waals surface area contributed by atoms with E-state index in [9.17, 15) is 4.79 Å². The molecule has 0 aliphatic carbocycles. The molecule has 1 fully saturated rings. The highest BCUT2D eigenvalue weighted by molar-refractivity contribution is 8.24. The normalized spacial score (nSPS) is 21.9. The van der Waals surface area contributed by atoms with Crippen molar-refractivity contribution < 1.29 is 4.79 Å². The topological polar surface area (TPSA) is 46.3 Å². The highest BCUT2D eigenvalue weighted by Gasteiger charge is 2.39. The number of thiocarbonyl (C=S) groups is 1. The third-order valence-electron chi connectivity index (χ3n) is 3.66. The zero-order valence-corrected chi connectivity index (χ0v) is 14.2. The fourth-order valence-electron chi connectivity index (χ4n) is 2.48. The van der Waals surface area contributed by atoms with E-state index in [1.54, 1.807) is 0 Å². The number of thioether (sulfide) groups is 1. The molecule has 2 N–H and O–H groups in total. The first kappa shape index (κ1) is 16.5. The smallest absolute Gasteiger partial charge is 0.154 e. The van der Waals surface area contributed by atoms with Crippen LogP contribution in [0.4, 0.5) is 0 Å². The Labute approximate surface area is 136 Å². The van der Waals surface area contributed by atoms with Crippen LogP contribution < -0.4 is 5.73 Å². The number of unbranched alkanes of at least 4 members (excludes halogenated alkanes) is 1. The molecule has 2 atom stereocenters. The summed E-state index contributed by atoms with van der Waals surface area (Å²) >= 11 is 6.82. The summed E-state index contributed by atoms with van der Waals surface area (Å²) in [4.78, 5) is 14.5. The second-order valence-electron chi connectivity index (χ2n) is 5.47. The molecule has 3 nitrogen and oxygen atoms in total. The first-order valence-electron chi connectivity index (χ1n) is 7.34. The summed E-state index contributed by atoms with van der Waals surface area (Å²) in [6, 6.07) is 8.06. The number of hydrogen-bond acceptors (Lipinski definition) is 4. The molecule has 2 unspecified atom stereocenters. The molecule has 5 heteroatoms. The molecule has 0 saturated carbocycles. The van der Waals surface area contributed by atoms with Gasteiger partial charge in [0.2, 0.25) is 0 Å². The monoisotopic (exact) mass is 322 g/mol. The molecule has 1 aliphatic heterocycles. The van der Waals surface area contributed by atoms with Gasteiger partial charge in [0.25, 0.3) is 0 Å². The summed E-state index contributed by atoms with van der Waals surface area (Å²) in [5.41, 5.74) is 8.45. The molecule has 21 heavy (non-hydrogen) atoms. The van der Waals surface area contributed by atoms with Crippen molar-refractivity contribution in [3.8, 4) is 0 Å². The van der Waals surface area contributed by atoms with Crippen LogP contribution in [0.1, 0.15) is 30.9 Å². The first-order valence-corrected chi connectivity index (χ1v) is 8.62. The summed E-state index contributed by atoms with van der Waals surface area (Å²) in [6.45, 7) is 5.02. The second-order valence-corrected chi connectivity index (χ2v) is 7.25. The van der Waals surface area contributed by atoms with E-state index in [1.165, 1.54) is 17.3 Å². The summed E-state index contributed by atoms with van der Waals surface area (Å²) in [7, 11) is 0. The highest BCUT2D eigenvalue weighted by Crippen LogP contribution is 2.31. The minimum Gasteiger partial charge on any atom is -0.341 e. The fourth-order valence-corrected chi connectivity index (χ4v) is 4.07. The molecule has 0 bridgehead atoms. The second kappa shape index (κ2) is 7.38. The molecular formula is C16H22N2OS2. The fraction of sp³-hybridized carbons (Fsp3) is 0.500. The highest BCUT2D eigenvalue weighted by atomic mass is 32.2. The van der Waals surface area contributed by atoms with Crippen LogP contribution in [0.15, 0.2) is 24.3 Å². The van der Waals surface area contributed by atoms with Crippen molar-refractivity contribution >= 4 is 34.1 Å². The standard InChI is InChI=1S/C16H22N2OS2/c1-3-4-8-18-15(17)14(21-16(18)20)13(19)10-12-7-5-6-11(2)9-12/h5-7,9,14-15H,3-4,8,10,17H2,1-2H3. The Hall–Kier alpha value is -0.910. The van der Waals surface area contributed by atoms with E-state index in [-0.39, 0.29) is 17.2 Å². The van der Waals surface area contributed by atoms with Crippen LogP contribution >= 0.6 is 24.0 Å². The summed E-state index contributed by atoms with van der Waals surface area (Å²) in [5, 5.41) is -0.241. The lowest BCUT2D eigenvalue weighted by atomic mass is 10.0. The largest absolute Gasteiger partial charge is 0.341 e. The molecule has 1 aliphatic rings. The molecule has 1 saturated heterocycles. The number of carbonyl (C=O) groups excluding carboxylic acids is 1. The van der Waals surface area contributed by atoms with Gasteiger partial charge in [0.05, 0.1) is 6.17 Å². The number of nitrogens with two attached hydrogens (primary N) is 1. The zero-order chi connectivity index (χ0) is 15.4. The summed E-state index contributed by atoms with van der Waals surface area (Å²) in [5.74, 6) is 0.166. The van der Waals surface area contributed by atoms with Crippen LogP contribution in [0, 0.1) is 6.92 Å². The summed E-state index contributed by atoms with van der Waals surface area (Å²) < 4.78 is 0.763. The van der Waals surface area contributed by atoms with Crippen molar-refractivity contribution in [3.63, 3.8) is 0 Å². The Balaban J connectivity index is 2.01. The molecule has 0 amide bonds. The van der Waals surface area contributed by atoms with Crippen molar-refractivity contribution in [1.29, 1.82) is 0 Å². The van der Waals surface area contributed by atoms with Gasteiger partial charge in [-0.15, -0.1) is 0 Å².